The number of hydrogen-bond acceptors (Lipinski definition) is 3. The number of benzene rings is 2. The Morgan fingerprint density at radius 2 is 1.88 bits per heavy atom. The number of carbonyl (C=O) groups is 2. The number of nitrogens with zero attached hydrogens (tertiary/aromatic N) is 1. The van der Waals surface area contributed by atoms with Crippen LogP contribution < -0.4 is 10.9 Å². The molecule has 2 rings (SSSR count). The van der Waals surface area contributed by atoms with Gasteiger partial charge in [-0.1, -0.05) is 35.9 Å². The summed E-state index contributed by atoms with van der Waals surface area (Å²) >= 11 is 9.23. The highest BCUT2D eigenvalue weighted by molar-refractivity contribution is 9.10. The molecular weight excluding hydrogens is 394 g/mol. The summed E-state index contributed by atoms with van der Waals surface area (Å²) < 4.78 is 0.662. The topological polar surface area (TPSA) is 61.4 Å². The average Bonchev–Trinajstić information content (AvgIpc) is 2.53. The van der Waals surface area contributed by atoms with Gasteiger partial charge in [-0.15, -0.1) is 0 Å². The van der Waals surface area contributed by atoms with Crippen LogP contribution in [-0.4, -0.2) is 30.3 Å². The van der Waals surface area contributed by atoms with E-state index >= 15 is 0 Å². The van der Waals surface area contributed by atoms with Gasteiger partial charge in [0.05, 0.1) is 12.1 Å². The van der Waals surface area contributed by atoms with Crippen molar-refractivity contribution in [1.29, 1.82) is 0 Å². The second-order valence-electron chi connectivity index (χ2n) is 5.28. The van der Waals surface area contributed by atoms with Gasteiger partial charge in [0.1, 0.15) is 0 Å². The first-order chi connectivity index (χ1) is 11.5. The molecule has 0 heterocycles. The molecule has 0 fully saturated rings. The van der Waals surface area contributed by atoms with Gasteiger partial charge >= 0.3 is 0 Å². The minimum atomic E-state index is -0.381. The molecule has 0 atom stereocenters. The summed E-state index contributed by atoms with van der Waals surface area (Å²) in [5.74, 6) is -0.687. The number of nitrogens with one attached hydrogen (secondary N) is 2. The lowest BCUT2D eigenvalue weighted by atomic mass is 10.2. The second-order valence-corrected chi connectivity index (χ2v) is 6.58. The minimum Gasteiger partial charge on any atom is -0.293 e. The minimum absolute atomic E-state index is 0.142. The molecule has 2 aromatic rings. The molecule has 24 heavy (non-hydrogen) atoms. The molecule has 0 aliphatic rings. The second kappa shape index (κ2) is 8.82. The van der Waals surface area contributed by atoms with Crippen molar-refractivity contribution in [1.82, 2.24) is 15.8 Å². The highest BCUT2D eigenvalue weighted by Crippen LogP contribution is 2.15. The third kappa shape index (κ3) is 5.63. The van der Waals surface area contributed by atoms with E-state index in [9.17, 15) is 9.59 Å². The molecule has 2 N–H and O–H groups in total. The lowest BCUT2D eigenvalue weighted by Crippen LogP contribution is -2.45. The van der Waals surface area contributed by atoms with E-state index in [0.717, 1.165) is 5.56 Å². The average molecular weight is 411 g/mol. The first-order valence-electron chi connectivity index (χ1n) is 7.22. The molecule has 5 nitrogen and oxygen atoms in total. The molecule has 0 radical (unpaired) electrons. The van der Waals surface area contributed by atoms with E-state index in [4.69, 9.17) is 11.6 Å². The first kappa shape index (κ1) is 18.4. The monoisotopic (exact) mass is 409 g/mol. The van der Waals surface area contributed by atoms with Gasteiger partial charge in [0.15, 0.2) is 0 Å². The maximum Gasteiger partial charge on any atom is 0.270 e. The van der Waals surface area contributed by atoms with Gasteiger partial charge in [-0.25, -0.2) is 0 Å². The fourth-order valence-corrected chi connectivity index (χ4v) is 2.80. The molecule has 0 aliphatic heterocycles. The Balaban J connectivity index is 1.80. The molecule has 0 spiro atoms. The highest BCUT2D eigenvalue weighted by Gasteiger charge is 2.11. The number of amides is 2. The Kier molecular flexibility index (Phi) is 6.78. The molecule has 2 aromatic carbocycles. The van der Waals surface area contributed by atoms with E-state index in [2.05, 4.69) is 26.8 Å². The maximum absolute atomic E-state index is 12.0. The summed E-state index contributed by atoms with van der Waals surface area (Å²) in [6.45, 7) is 0.717. The number of hydrogen-bond donors (Lipinski definition) is 2. The van der Waals surface area contributed by atoms with E-state index in [-0.39, 0.29) is 18.4 Å². The van der Waals surface area contributed by atoms with E-state index in [1.165, 1.54) is 0 Å². The lowest BCUT2D eigenvalue weighted by Gasteiger charge is -2.17. The van der Waals surface area contributed by atoms with Crippen LogP contribution in [0.15, 0.2) is 53.0 Å². The van der Waals surface area contributed by atoms with Gasteiger partial charge < -0.3 is 0 Å². The Hall–Kier alpha value is -1.89. The van der Waals surface area contributed by atoms with Crippen molar-refractivity contribution in [3.63, 3.8) is 0 Å². The zero-order chi connectivity index (χ0) is 17.5. The highest BCUT2D eigenvalue weighted by atomic mass is 79.9. The van der Waals surface area contributed by atoms with Gasteiger partial charge in [-0.3, -0.25) is 25.3 Å². The van der Waals surface area contributed by atoms with Gasteiger partial charge in [0.2, 0.25) is 0 Å². The van der Waals surface area contributed by atoms with Crippen LogP contribution in [0.4, 0.5) is 0 Å². The fraction of sp³-hybridized carbons (Fsp3) is 0.176. The van der Waals surface area contributed by atoms with Crippen LogP contribution >= 0.6 is 27.5 Å². The zero-order valence-electron chi connectivity index (χ0n) is 13.1. The molecule has 0 unspecified atom stereocenters. The van der Waals surface area contributed by atoms with Crippen LogP contribution in [0.25, 0.3) is 0 Å². The molecule has 2 amide bonds. The Bertz CT molecular complexity index is 739. The third-order valence-corrected chi connectivity index (χ3v) is 4.12. The van der Waals surface area contributed by atoms with Crippen molar-refractivity contribution in [2.75, 3.05) is 13.6 Å². The van der Waals surface area contributed by atoms with Gasteiger partial charge in [-0.2, -0.15) is 0 Å². The summed E-state index contributed by atoms with van der Waals surface area (Å²) in [6.07, 6.45) is 0. The maximum atomic E-state index is 12.0. The van der Waals surface area contributed by atoms with Crippen LogP contribution in [0.3, 0.4) is 0 Å². The van der Waals surface area contributed by atoms with Gasteiger partial charge in [0, 0.05) is 16.0 Å². The Morgan fingerprint density at radius 1 is 1.12 bits per heavy atom. The Morgan fingerprint density at radius 3 is 2.58 bits per heavy atom. The van der Waals surface area contributed by atoms with E-state index in [1.807, 2.05) is 36.2 Å². The summed E-state index contributed by atoms with van der Waals surface area (Å²) in [4.78, 5) is 25.8. The Labute approximate surface area is 154 Å². The molecule has 0 saturated carbocycles. The summed E-state index contributed by atoms with van der Waals surface area (Å²) in [6, 6.07) is 14.4. The van der Waals surface area contributed by atoms with Crippen LogP contribution in [0.1, 0.15) is 15.9 Å². The standard InChI is InChI=1S/C17H17BrClN3O2/c1-22(10-12-5-4-6-13(19)9-12)11-16(23)20-21-17(24)14-7-2-3-8-15(14)18/h2-9H,10-11H2,1H3,(H,20,23)(H,21,24). The predicted molar refractivity (Wildman–Crippen MR) is 97.5 cm³/mol. The third-order valence-electron chi connectivity index (χ3n) is 3.19. The van der Waals surface area contributed by atoms with Crippen LogP contribution in [0.2, 0.25) is 5.02 Å². The van der Waals surface area contributed by atoms with Gasteiger partial charge in [-0.05, 0) is 52.8 Å². The van der Waals surface area contributed by atoms with Crippen molar-refractivity contribution in [2.45, 2.75) is 6.54 Å². The number of hydrazine groups is 1. The van der Waals surface area contributed by atoms with E-state index in [0.29, 0.717) is 21.6 Å². The largest absolute Gasteiger partial charge is 0.293 e. The molecule has 0 aliphatic carbocycles. The normalized spacial score (nSPS) is 10.5. The number of rotatable bonds is 5. The number of carbonyl (C=O) groups excluding carboxylic acids is 2. The number of likely N-dealkylation sites (N-methyl/N-ethyl adjacent to an activating group) is 1. The molecular formula is C17H17BrClN3O2. The molecule has 0 bridgehead atoms. The van der Waals surface area contributed by atoms with Crippen molar-refractivity contribution in [3.8, 4) is 0 Å². The SMILES string of the molecule is CN(CC(=O)NNC(=O)c1ccccc1Br)Cc1cccc(Cl)c1. The van der Waals surface area contributed by atoms with Gasteiger partial charge in [0.25, 0.3) is 11.8 Å². The lowest BCUT2D eigenvalue weighted by molar-refractivity contribution is -0.122. The molecule has 0 aromatic heterocycles. The molecule has 126 valence electrons. The van der Waals surface area contributed by atoms with Crippen molar-refractivity contribution in [2.24, 2.45) is 0 Å². The van der Waals surface area contributed by atoms with Crippen molar-refractivity contribution in [3.05, 3.63) is 69.2 Å². The quantitative estimate of drug-likeness (QED) is 0.745. The van der Waals surface area contributed by atoms with Crippen molar-refractivity contribution >= 4 is 39.3 Å². The van der Waals surface area contributed by atoms with Crippen molar-refractivity contribution < 1.29 is 9.59 Å². The number of halogens is 2. The molecule has 7 heteroatoms. The van der Waals surface area contributed by atoms with E-state index < -0.39 is 0 Å². The van der Waals surface area contributed by atoms with Crippen LogP contribution in [0, 0.1) is 0 Å². The summed E-state index contributed by atoms with van der Waals surface area (Å²) in [5.41, 5.74) is 6.27. The molecule has 0 saturated heterocycles. The summed E-state index contributed by atoms with van der Waals surface area (Å²) in [5, 5.41) is 0.658. The summed E-state index contributed by atoms with van der Waals surface area (Å²) in [7, 11) is 1.82. The predicted octanol–water partition coefficient (Wildman–Crippen LogP) is 3.00. The van der Waals surface area contributed by atoms with E-state index in [1.54, 1.807) is 24.3 Å². The fourth-order valence-electron chi connectivity index (χ4n) is 2.13. The zero-order valence-corrected chi connectivity index (χ0v) is 15.4. The van der Waals surface area contributed by atoms with Crippen LogP contribution in [0.5, 0.6) is 0 Å². The smallest absolute Gasteiger partial charge is 0.270 e. The first-order valence-corrected chi connectivity index (χ1v) is 8.39. The van der Waals surface area contributed by atoms with Crippen LogP contribution in [-0.2, 0) is 11.3 Å².